The Balaban J connectivity index is 2.90. The molecule has 0 saturated carbocycles. The van der Waals surface area contributed by atoms with Gasteiger partial charge in [0.15, 0.2) is 0 Å². The molecule has 4 N–H and O–H groups in total. The van der Waals surface area contributed by atoms with Crippen molar-refractivity contribution in [2.75, 3.05) is 43.5 Å². The van der Waals surface area contributed by atoms with Crippen LogP contribution >= 0.6 is 0 Å². The molecule has 0 aromatic heterocycles. The Bertz CT molecular complexity index is 339. The van der Waals surface area contributed by atoms with Crippen LogP contribution in [0.15, 0.2) is 18.2 Å². The van der Waals surface area contributed by atoms with Gasteiger partial charge in [0.2, 0.25) is 0 Å². The summed E-state index contributed by atoms with van der Waals surface area (Å²) >= 11 is 0. The van der Waals surface area contributed by atoms with Crippen molar-refractivity contribution < 1.29 is 14.9 Å². The molecule has 0 heterocycles. The molecule has 96 valence electrons. The predicted octanol–water partition coefficient (Wildman–Crippen LogP) is 0.459. The number of hydrogen-bond donors (Lipinski definition) is 3. The SMILES string of the molecule is CCOc1cc(N(CCO)CCO)ccc1N. The standard InChI is InChI=1S/C12H20N2O3/c1-2-17-12-9-10(3-4-11(12)13)14(5-7-15)6-8-16/h3-4,9,15-16H,2,5-8,13H2,1H3. The molecule has 1 aromatic rings. The van der Waals surface area contributed by atoms with E-state index < -0.39 is 0 Å². The molecule has 0 saturated heterocycles. The Labute approximate surface area is 101 Å². The van der Waals surface area contributed by atoms with Gasteiger partial charge in [0.1, 0.15) is 5.75 Å². The van der Waals surface area contributed by atoms with Crippen molar-refractivity contribution in [3.05, 3.63) is 18.2 Å². The van der Waals surface area contributed by atoms with Crippen LogP contribution in [0.2, 0.25) is 0 Å². The van der Waals surface area contributed by atoms with Crippen molar-refractivity contribution in [2.45, 2.75) is 6.92 Å². The highest BCUT2D eigenvalue weighted by Gasteiger charge is 2.08. The summed E-state index contributed by atoms with van der Waals surface area (Å²) < 4.78 is 5.41. The van der Waals surface area contributed by atoms with E-state index in [9.17, 15) is 0 Å². The minimum atomic E-state index is 0.0361. The zero-order valence-electron chi connectivity index (χ0n) is 10.1. The summed E-state index contributed by atoms with van der Waals surface area (Å²) in [7, 11) is 0. The Morgan fingerprint density at radius 3 is 2.41 bits per heavy atom. The molecule has 0 fully saturated rings. The fourth-order valence-corrected chi connectivity index (χ4v) is 1.61. The monoisotopic (exact) mass is 240 g/mol. The molecule has 0 unspecified atom stereocenters. The van der Waals surface area contributed by atoms with Crippen molar-refractivity contribution in [1.29, 1.82) is 0 Å². The Hall–Kier alpha value is -1.46. The van der Waals surface area contributed by atoms with Crippen LogP contribution in [0.3, 0.4) is 0 Å². The maximum absolute atomic E-state index is 8.97. The third kappa shape index (κ3) is 3.80. The summed E-state index contributed by atoms with van der Waals surface area (Å²) in [5.74, 6) is 0.630. The second-order valence-electron chi connectivity index (χ2n) is 3.59. The fourth-order valence-electron chi connectivity index (χ4n) is 1.61. The van der Waals surface area contributed by atoms with Gasteiger partial charge in [-0.1, -0.05) is 0 Å². The first kappa shape index (κ1) is 13.6. The molecular formula is C12H20N2O3. The molecule has 0 aliphatic rings. The number of nitrogen functional groups attached to an aromatic ring is 1. The molecule has 1 rings (SSSR count). The molecule has 0 bridgehead atoms. The molecule has 5 nitrogen and oxygen atoms in total. The van der Waals surface area contributed by atoms with Gasteiger partial charge in [-0.25, -0.2) is 0 Å². The lowest BCUT2D eigenvalue weighted by Gasteiger charge is -2.23. The summed E-state index contributed by atoms with van der Waals surface area (Å²) in [5, 5.41) is 17.9. The predicted molar refractivity (Wildman–Crippen MR) is 68.4 cm³/mol. The third-order valence-corrected chi connectivity index (χ3v) is 2.40. The van der Waals surface area contributed by atoms with Crippen molar-refractivity contribution in [2.24, 2.45) is 0 Å². The van der Waals surface area contributed by atoms with E-state index in [1.807, 2.05) is 24.0 Å². The number of nitrogens with two attached hydrogens (primary N) is 1. The van der Waals surface area contributed by atoms with Gasteiger partial charge < -0.3 is 25.6 Å². The first-order valence-electron chi connectivity index (χ1n) is 5.72. The molecule has 0 atom stereocenters. The normalized spacial score (nSPS) is 10.3. The van der Waals surface area contributed by atoms with Gasteiger partial charge >= 0.3 is 0 Å². The topological polar surface area (TPSA) is 79.0 Å². The van der Waals surface area contributed by atoms with Crippen molar-refractivity contribution >= 4 is 11.4 Å². The van der Waals surface area contributed by atoms with Gasteiger partial charge in [0.05, 0.1) is 25.5 Å². The van der Waals surface area contributed by atoms with Gasteiger partial charge in [0.25, 0.3) is 0 Å². The highest BCUT2D eigenvalue weighted by atomic mass is 16.5. The van der Waals surface area contributed by atoms with Gasteiger partial charge in [0, 0.05) is 24.8 Å². The average Bonchev–Trinajstić information content (AvgIpc) is 2.32. The van der Waals surface area contributed by atoms with Gasteiger partial charge in [-0.15, -0.1) is 0 Å². The molecule has 5 heteroatoms. The summed E-state index contributed by atoms with van der Waals surface area (Å²) in [6, 6.07) is 5.44. The Morgan fingerprint density at radius 1 is 1.24 bits per heavy atom. The number of ether oxygens (including phenoxy) is 1. The Morgan fingerprint density at radius 2 is 1.88 bits per heavy atom. The molecular weight excluding hydrogens is 220 g/mol. The van der Waals surface area contributed by atoms with Gasteiger partial charge in [-0.3, -0.25) is 0 Å². The molecule has 0 amide bonds. The van der Waals surface area contributed by atoms with Crippen LogP contribution < -0.4 is 15.4 Å². The number of rotatable bonds is 7. The zero-order chi connectivity index (χ0) is 12.7. The van der Waals surface area contributed by atoms with Crippen LogP contribution in [0.1, 0.15) is 6.92 Å². The summed E-state index contributed by atoms with van der Waals surface area (Å²) in [4.78, 5) is 1.88. The highest BCUT2D eigenvalue weighted by Crippen LogP contribution is 2.27. The van der Waals surface area contributed by atoms with E-state index in [1.54, 1.807) is 6.07 Å². The number of anilines is 2. The third-order valence-electron chi connectivity index (χ3n) is 2.40. The molecule has 0 radical (unpaired) electrons. The van der Waals surface area contributed by atoms with E-state index in [2.05, 4.69) is 0 Å². The number of aliphatic hydroxyl groups excluding tert-OH is 2. The smallest absolute Gasteiger partial charge is 0.144 e. The maximum atomic E-state index is 8.97. The lowest BCUT2D eigenvalue weighted by molar-refractivity contribution is 0.281. The molecule has 0 aliphatic heterocycles. The average molecular weight is 240 g/mol. The van der Waals surface area contributed by atoms with Crippen molar-refractivity contribution in [3.8, 4) is 5.75 Å². The van der Waals surface area contributed by atoms with Gasteiger partial charge in [-0.05, 0) is 19.1 Å². The zero-order valence-corrected chi connectivity index (χ0v) is 10.1. The van der Waals surface area contributed by atoms with Crippen molar-refractivity contribution in [3.63, 3.8) is 0 Å². The minimum Gasteiger partial charge on any atom is -0.492 e. The highest BCUT2D eigenvalue weighted by molar-refractivity contribution is 5.62. The molecule has 1 aromatic carbocycles. The number of hydrogen-bond acceptors (Lipinski definition) is 5. The van der Waals surface area contributed by atoms with Crippen LogP contribution in [-0.2, 0) is 0 Å². The second kappa shape index (κ2) is 6.98. The van der Waals surface area contributed by atoms with Crippen LogP contribution in [0.25, 0.3) is 0 Å². The number of aliphatic hydroxyl groups is 2. The lowest BCUT2D eigenvalue weighted by atomic mass is 10.2. The number of benzene rings is 1. The van der Waals surface area contributed by atoms with E-state index in [4.69, 9.17) is 20.7 Å². The second-order valence-corrected chi connectivity index (χ2v) is 3.59. The summed E-state index contributed by atoms with van der Waals surface area (Å²) in [5.41, 5.74) is 7.25. The maximum Gasteiger partial charge on any atom is 0.144 e. The molecule has 17 heavy (non-hydrogen) atoms. The Kier molecular flexibility index (Phi) is 5.59. The first-order chi connectivity index (χ1) is 8.22. The van der Waals surface area contributed by atoms with E-state index in [-0.39, 0.29) is 13.2 Å². The fraction of sp³-hybridized carbons (Fsp3) is 0.500. The molecule has 0 spiro atoms. The largest absolute Gasteiger partial charge is 0.492 e. The molecule has 0 aliphatic carbocycles. The van der Waals surface area contributed by atoms with E-state index >= 15 is 0 Å². The van der Waals surface area contributed by atoms with Gasteiger partial charge in [-0.2, -0.15) is 0 Å². The van der Waals surface area contributed by atoms with Crippen LogP contribution in [0, 0.1) is 0 Å². The minimum absolute atomic E-state index is 0.0361. The van der Waals surface area contributed by atoms with Crippen molar-refractivity contribution in [1.82, 2.24) is 0 Å². The first-order valence-corrected chi connectivity index (χ1v) is 5.72. The van der Waals surface area contributed by atoms with E-state index in [0.717, 1.165) is 5.69 Å². The lowest BCUT2D eigenvalue weighted by Crippen LogP contribution is -2.29. The quantitative estimate of drug-likeness (QED) is 0.603. The van der Waals surface area contributed by atoms with E-state index in [1.165, 1.54) is 0 Å². The summed E-state index contributed by atoms with van der Waals surface area (Å²) in [6.07, 6.45) is 0. The van der Waals surface area contributed by atoms with Crippen LogP contribution in [0.5, 0.6) is 5.75 Å². The summed E-state index contributed by atoms with van der Waals surface area (Å²) in [6.45, 7) is 3.45. The van der Waals surface area contributed by atoms with E-state index in [0.29, 0.717) is 31.1 Å². The van der Waals surface area contributed by atoms with Crippen LogP contribution in [0.4, 0.5) is 11.4 Å². The number of nitrogens with zero attached hydrogens (tertiary/aromatic N) is 1. The van der Waals surface area contributed by atoms with Crippen LogP contribution in [-0.4, -0.2) is 43.1 Å².